The average molecular weight is 200 g/mol. The molecule has 0 radical (unpaired) electrons. The van der Waals surface area contributed by atoms with E-state index in [0.717, 1.165) is 19.7 Å². The number of nitrogens with zero attached hydrogens (tertiary/aromatic N) is 1. The molecule has 1 aliphatic heterocycles. The lowest BCUT2D eigenvalue weighted by atomic mass is 10.1. The minimum Gasteiger partial charge on any atom is -0.378 e. The van der Waals surface area contributed by atoms with Crippen molar-refractivity contribution in [2.24, 2.45) is 0 Å². The molecule has 1 aliphatic rings. The number of likely N-dealkylation sites (tertiary alicyclic amines) is 1. The fourth-order valence-electron chi connectivity index (χ4n) is 1.95. The van der Waals surface area contributed by atoms with E-state index in [1.54, 1.807) is 0 Å². The van der Waals surface area contributed by atoms with Crippen LogP contribution in [0.4, 0.5) is 0 Å². The lowest BCUT2D eigenvalue weighted by Gasteiger charge is -2.31. The van der Waals surface area contributed by atoms with Crippen LogP contribution in [0.15, 0.2) is 0 Å². The Morgan fingerprint density at radius 1 is 1.29 bits per heavy atom. The molecule has 0 bridgehead atoms. The second kappa shape index (κ2) is 7.21. The maximum absolute atomic E-state index is 5.61. The molecular weight excluding hydrogens is 176 g/mol. The number of likely N-dealkylation sites (N-methyl/N-ethyl adjacent to an activating group) is 1. The summed E-state index contributed by atoms with van der Waals surface area (Å²) in [5.74, 6) is 0. The zero-order chi connectivity index (χ0) is 10.2. The average Bonchev–Trinajstić information content (AvgIpc) is 2.21. The van der Waals surface area contributed by atoms with Crippen LogP contribution in [0, 0.1) is 0 Å². The molecule has 0 aromatic carbocycles. The smallest absolute Gasteiger partial charge is 0.0599 e. The van der Waals surface area contributed by atoms with Crippen LogP contribution < -0.4 is 5.32 Å². The van der Waals surface area contributed by atoms with Gasteiger partial charge in [0.15, 0.2) is 0 Å². The van der Waals surface area contributed by atoms with Crippen molar-refractivity contribution < 1.29 is 4.74 Å². The van der Waals surface area contributed by atoms with Crippen LogP contribution in [0.2, 0.25) is 0 Å². The Labute approximate surface area is 87.8 Å². The van der Waals surface area contributed by atoms with Crippen LogP contribution in [0.3, 0.4) is 0 Å². The molecule has 1 fully saturated rings. The number of rotatable bonds is 6. The van der Waals surface area contributed by atoms with Gasteiger partial charge in [-0.15, -0.1) is 0 Å². The van der Waals surface area contributed by atoms with Gasteiger partial charge in [-0.3, -0.25) is 0 Å². The molecule has 1 heterocycles. The van der Waals surface area contributed by atoms with E-state index in [1.165, 1.54) is 32.5 Å². The topological polar surface area (TPSA) is 24.5 Å². The molecule has 1 N–H and O–H groups in total. The molecule has 0 amide bonds. The van der Waals surface area contributed by atoms with E-state index < -0.39 is 0 Å². The van der Waals surface area contributed by atoms with Crippen LogP contribution in [-0.4, -0.2) is 50.3 Å². The molecular formula is C11H24N2O. The second-order valence-electron chi connectivity index (χ2n) is 3.85. The van der Waals surface area contributed by atoms with Gasteiger partial charge in [-0.25, -0.2) is 0 Å². The molecule has 3 nitrogen and oxygen atoms in total. The summed E-state index contributed by atoms with van der Waals surface area (Å²) in [5, 5.41) is 3.36. The number of nitrogens with one attached hydrogen (secondary N) is 1. The van der Waals surface area contributed by atoms with E-state index in [-0.39, 0.29) is 0 Å². The van der Waals surface area contributed by atoms with Crippen molar-refractivity contribution in [2.75, 3.05) is 39.3 Å². The van der Waals surface area contributed by atoms with Gasteiger partial charge in [0.05, 0.1) is 6.10 Å². The Morgan fingerprint density at radius 3 is 2.57 bits per heavy atom. The Hall–Kier alpha value is -0.120. The minimum atomic E-state index is 0.524. The predicted molar refractivity (Wildman–Crippen MR) is 59.6 cm³/mol. The van der Waals surface area contributed by atoms with Crippen LogP contribution >= 0.6 is 0 Å². The normalized spacial score (nSPS) is 20.1. The number of piperidine rings is 1. The molecule has 0 unspecified atom stereocenters. The highest BCUT2D eigenvalue weighted by molar-refractivity contribution is 4.72. The van der Waals surface area contributed by atoms with Gasteiger partial charge in [0.1, 0.15) is 0 Å². The number of ether oxygens (including phenoxy) is 1. The van der Waals surface area contributed by atoms with E-state index in [2.05, 4.69) is 24.1 Å². The molecule has 0 aromatic heterocycles. The maximum atomic E-state index is 5.61. The maximum Gasteiger partial charge on any atom is 0.0599 e. The highest BCUT2D eigenvalue weighted by Gasteiger charge is 2.18. The van der Waals surface area contributed by atoms with Gasteiger partial charge in [0, 0.05) is 32.8 Å². The van der Waals surface area contributed by atoms with E-state index in [4.69, 9.17) is 4.74 Å². The van der Waals surface area contributed by atoms with Crippen LogP contribution in [0.1, 0.15) is 26.7 Å². The number of hydrogen-bond donors (Lipinski definition) is 1. The van der Waals surface area contributed by atoms with Gasteiger partial charge in [-0.05, 0) is 26.3 Å². The first-order chi connectivity index (χ1) is 6.86. The molecule has 0 saturated carbocycles. The van der Waals surface area contributed by atoms with Crippen LogP contribution in [0.25, 0.3) is 0 Å². The van der Waals surface area contributed by atoms with Crippen molar-refractivity contribution in [1.82, 2.24) is 10.2 Å². The first-order valence-electron chi connectivity index (χ1n) is 5.91. The lowest BCUT2D eigenvalue weighted by Crippen LogP contribution is -2.40. The lowest BCUT2D eigenvalue weighted by molar-refractivity contribution is 0.0146. The highest BCUT2D eigenvalue weighted by Crippen LogP contribution is 2.12. The zero-order valence-electron chi connectivity index (χ0n) is 9.59. The van der Waals surface area contributed by atoms with Gasteiger partial charge < -0.3 is 15.0 Å². The summed E-state index contributed by atoms with van der Waals surface area (Å²) in [6.07, 6.45) is 2.94. The van der Waals surface area contributed by atoms with Crippen LogP contribution in [0.5, 0.6) is 0 Å². The molecule has 0 aromatic rings. The van der Waals surface area contributed by atoms with E-state index in [1.807, 2.05) is 0 Å². The van der Waals surface area contributed by atoms with E-state index in [0.29, 0.717) is 6.10 Å². The van der Waals surface area contributed by atoms with Crippen LogP contribution in [-0.2, 0) is 4.74 Å². The Kier molecular flexibility index (Phi) is 6.15. The van der Waals surface area contributed by atoms with Gasteiger partial charge in [0.2, 0.25) is 0 Å². The molecule has 0 spiro atoms. The van der Waals surface area contributed by atoms with E-state index in [9.17, 15) is 0 Å². The van der Waals surface area contributed by atoms with Crippen molar-refractivity contribution in [2.45, 2.75) is 32.8 Å². The van der Waals surface area contributed by atoms with Crippen molar-refractivity contribution in [3.63, 3.8) is 0 Å². The SMILES string of the molecule is CCNCCN1CCC(OCC)CC1. The Bertz CT molecular complexity index is 133. The summed E-state index contributed by atoms with van der Waals surface area (Å²) in [4.78, 5) is 2.53. The van der Waals surface area contributed by atoms with E-state index >= 15 is 0 Å². The third-order valence-electron chi connectivity index (χ3n) is 2.79. The summed E-state index contributed by atoms with van der Waals surface area (Å²) in [7, 11) is 0. The summed E-state index contributed by atoms with van der Waals surface area (Å²) in [6.45, 7) is 10.9. The molecule has 84 valence electrons. The number of hydrogen-bond acceptors (Lipinski definition) is 3. The first kappa shape index (κ1) is 12.0. The van der Waals surface area contributed by atoms with Crippen molar-refractivity contribution in [1.29, 1.82) is 0 Å². The fraction of sp³-hybridized carbons (Fsp3) is 1.00. The molecule has 1 rings (SSSR count). The van der Waals surface area contributed by atoms with Crippen molar-refractivity contribution >= 4 is 0 Å². The minimum absolute atomic E-state index is 0.524. The Balaban J connectivity index is 2.03. The zero-order valence-corrected chi connectivity index (χ0v) is 9.59. The standard InChI is InChI=1S/C11H24N2O/c1-3-12-7-10-13-8-5-11(6-9-13)14-4-2/h11-12H,3-10H2,1-2H3. The third-order valence-corrected chi connectivity index (χ3v) is 2.79. The van der Waals surface area contributed by atoms with Crippen molar-refractivity contribution in [3.05, 3.63) is 0 Å². The summed E-state index contributed by atoms with van der Waals surface area (Å²) in [6, 6.07) is 0. The summed E-state index contributed by atoms with van der Waals surface area (Å²) < 4.78 is 5.61. The highest BCUT2D eigenvalue weighted by atomic mass is 16.5. The second-order valence-corrected chi connectivity index (χ2v) is 3.85. The largest absolute Gasteiger partial charge is 0.378 e. The van der Waals surface area contributed by atoms with Gasteiger partial charge in [-0.2, -0.15) is 0 Å². The van der Waals surface area contributed by atoms with Gasteiger partial charge in [0.25, 0.3) is 0 Å². The molecule has 3 heteroatoms. The van der Waals surface area contributed by atoms with Gasteiger partial charge >= 0.3 is 0 Å². The first-order valence-corrected chi connectivity index (χ1v) is 5.91. The third kappa shape index (κ3) is 4.40. The molecule has 0 aliphatic carbocycles. The monoisotopic (exact) mass is 200 g/mol. The summed E-state index contributed by atoms with van der Waals surface area (Å²) in [5.41, 5.74) is 0. The molecule has 1 saturated heterocycles. The predicted octanol–water partition coefficient (Wildman–Crippen LogP) is 1.10. The fourth-order valence-corrected chi connectivity index (χ4v) is 1.95. The molecule has 0 atom stereocenters. The summed E-state index contributed by atoms with van der Waals surface area (Å²) >= 11 is 0. The quantitative estimate of drug-likeness (QED) is 0.650. The Morgan fingerprint density at radius 2 is 2.00 bits per heavy atom. The molecule has 14 heavy (non-hydrogen) atoms. The van der Waals surface area contributed by atoms with Crippen molar-refractivity contribution in [3.8, 4) is 0 Å². The van der Waals surface area contributed by atoms with Gasteiger partial charge in [-0.1, -0.05) is 6.92 Å².